The van der Waals surface area contributed by atoms with E-state index in [1.54, 1.807) is 20.8 Å². The zero-order valence-electron chi connectivity index (χ0n) is 20.2. The topological polar surface area (TPSA) is 115 Å². The molecule has 0 saturated carbocycles. The Morgan fingerprint density at radius 1 is 0.548 bits per heavy atom. The smallest absolute Gasteiger partial charge is 0.407 e. The summed E-state index contributed by atoms with van der Waals surface area (Å²) in [5.41, 5.74) is -0.993. The molecule has 0 aliphatic carbocycles. The van der Waals surface area contributed by atoms with E-state index in [2.05, 4.69) is 16.0 Å². The number of hydrogen-bond donors (Lipinski definition) is 3. The summed E-state index contributed by atoms with van der Waals surface area (Å²) in [6.45, 7) is 12.8. The molecule has 0 radical (unpaired) electrons. The standard InChI is InChI=1S/C22H43N3O6/c1-21(2,3)30-19(27)24-14-11-9-7-8-10-12-17-29-18(26)23-15-13-16-25-20(28)31-22(4,5)6/h7-17H2,1-6H3,(H,23,26)(H,24,27)(H,25,28). The predicted molar refractivity (Wildman–Crippen MR) is 120 cm³/mol. The van der Waals surface area contributed by atoms with Crippen LogP contribution in [0.5, 0.6) is 0 Å². The van der Waals surface area contributed by atoms with Gasteiger partial charge in [-0.15, -0.1) is 0 Å². The summed E-state index contributed by atoms with van der Waals surface area (Å²) in [7, 11) is 0. The number of carbonyl (C=O) groups excluding carboxylic acids is 3. The Bertz CT molecular complexity index is 526. The summed E-state index contributed by atoms with van der Waals surface area (Å²) in [4.78, 5) is 34.5. The third kappa shape index (κ3) is 22.3. The molecule has 0 aromatic carbocycles. The zero-order valence-corrected chi connectivity index (χ0v) is 20.2. The lowest BCUT2D eigenvalue weighted by molar-refractivity contribution is 0.0515. The monoisotopic (exact) mass is 445 g/mol. The van der Waals surface area contributed by atoms with E-state index in [4.69, 9.17) is 14.2 Å². The lowest BCUT2D eigenvalue weighted by Gasteiger charge is -2.19. The lowest BCUT2D eigenvalue weighted by Crippen LogP contribution is -2.34. The van der Waals surface area contributed by atoms with Crippen LogP contribution >= 0.6 is 0 Å². The number of ether oxygens (including phenoxy) is 3. The van der Waals surface area contributed by atoms with Gasteiger partial charge in [0.25, 0.3) is 0 Å². The number of alkyl carbamates (subject to hydrolysis) is 3. The van der Waals surface area contributed by atoms with Crippen molar-refractivity contribution in [2.24, 2.45) is 0 Å². The maximum Gasteiger partial charge on any atom is 0.407 e. The van der Waals surface area contributed by atoms with Crippen molar-refractivity contribution in [3.8, 4) is 0 Å². The van der Waals surface area contributed by atoms with Crippen molar-refractivity contribution in [1.82, 2.24) is 16.0 Å². The molecule has 31 heavy (non-hydrogen) atoms. The summed E-state index contributed by atoms with van der Waals surface area (Å²) < 4.78 is 15.4. The quantitative estimate of drug-likeness (QED) is 0.284. The van der Waals surface area contributed by atoms with Gasteiger partial charge in [0.05, 0.1) is 6.61 Å². The first-order valence-corrected chi connectivity index (χ1v) is 11.2. The van der Waals surface area contributed by atoms with Crippen LogP contribution in [-0.2, 0) is 14.2 Å². The second kappa shape index (κ2) is 15.6. The summed E-state index contributed by atoms with van der Waals surface area (Å²) in [5.74, 6) is 0. The molecule has 0 aromatic heterocycles. The van der Waals surface area contributed by atoms with E-state index in [1.807, 2.05) is 20.8 Å². The van der Waals surface area contributed by atoms with Crippen LogP contribution in [0, 0.1) is 0 Å². The number of amides is 3. The Balaban J connectivity index is 3.42. The average Bonchev–Trinajstić information content (AvgIpc) is 2.60. The van der Waals surface area contributed by atoms with Gasteiger partial charge >= 0.3 is 18.3 Å². The van der Waals surface area contributed by atoms with Crippen LogP contribution in [0.2, 0.25) is 0 Å². The maximum atomic E-state index is 11.6. The highest BCUT2D eigenvalue weighted by atomic mass is 16.6. The average molecular weight is 446 g/mol. The van der Waals surface area contributed by atoms with Gasteiger partial charge in [0.1, 0.15) is 11.2 Å². The first-order chi connectivity index (χ1) is 14.4. The molecule has 9 nitrogen and oxygen atoms in total. The number of unbranched alkanes of at least 4 members (excludes halogenated alkanes) is 5. The van der Waals surface area contributed by atoms with E-state index in [0.717, 1.165) is 38.5 Å². The fourth-order valence-electron chi connectivity index (χ4n) is 2.44. The van der Waals surface area contributed by atoms with Crippen LogP contribution in [0.3, 0.4) is 0 Å². The van der Waals surface area contributed by atoms with Crippen molar-refractivity contribution in [3.05, 3.63) is 0 Å². The van der Waals surface area contributed by atoms with E-state index in [9.17, 15) is 14.4 Å². The van der Waals surface area contributed by atoms with Crippen molar-refractivity contribution in [2.75, 3.05) is 26.2 Å². The van der Waals surface area contributed by atoms with Gasteiger partial charge in [0.2, 0.25) is 0 Å². The highest BCUT2D eigenvalue weighted by Gasteiger charge is 2.16. The Labute approximate surface area is 187 Å². The SMILES string of the molecule is CC(C)(C)OC(=O)NCCCCCCCCOC(=O)NCCCNC(=O)OC(C)(C)C. The highest BCUT2D eigenvalue weighted by molar-refractivity contribution is 5.68. The molecule has 0 atom stereocenters. The molecule has 0 spiro atoms. The minimum Gasteiger partial charge on any atom is -0.450 e. The molecule has 0 rings (SSSR count). The van der Waals surface area contributed by atoms with Gasteiger partial charge in [-0.2, -0.15) is 0 Å². The molecule has 3 N–H and O–H groups in total. The number of nitrogens with one attached hydrogen (secondary N) is 3. The van der Waals surface area contributed by atoms with Gasteiger partial charge in [-0.25, -0.2) is 14.4 Å². The Morgan fingerprint density at radius 3 is 1.42 bits per heavy atom. The normalized spacial score (nSPS) is 11.4. The first-order valence-electron chi connectivity index (χ1n) is 11.2. The van der Waals surface area contributed by atoms with E-state index >= 15 is 0 Å². The van der Waals surface area contributed by atoms with Crippen molar-refractivity contribution >= 4 is 18.3 Å². The molecule has 0 bridgehead atoms. The molecule has 0 heterocycles. The molecule has 3 amide bonds. The minimum atomic E-state index is -0.523. The Morgan fingerprint density at radius 2 is 0.935 bits per heavy atom. The highest BCUT2D eigenvalue weighted by Crippen LogP contribution is 2.08. The van der Waals surface area contributed by atoms with Crippen molar-refractivity contribution in [2.45, 2.75) is 97.7 Å². The number of carbonyl (C=O) groups is 3. The van der Waals surface area contributed by atoms with Crippen LogP contribution < -0.4 is 16.0 Å². The second-order valence-electron chi connectivity index (χ2n) is 9.39. The van der Waals surface area contributed by atoms with Gasteiger partial charge in [-0.05, 0) is 60.8 Å². The van der Waals surface area contributed by atoms with E-state index in [1.165, 1.54) is 0 Å². The summed E-state index contributed by atoms with van der Waals surface area (Å²) in [5, 5.41) is 8.04. The molecule has 9 heteroatoms. The molecule has 0 unspecified atom stereocenters. The number of hydrogen-bond acceptors (Lipinski definition) is 6. The molecule has 0 aliphatic heterocycles. The second-order valence-corrected chi connectivity index (χ2v) is 9.39. The van der Waals surface area contributed by atoms with E-state index < -0.39 is 23.4 Å². The van der Waals surface area contributed by atoms with Crippen LogP contribution in [0.1, 0.15) is 86.5 Å². The Hall–Kier alpha value is -2.19. The lowest BCUT2D eigenvalue weighted by atomic mass is 10.1. The first kappa shape index (κ1) is 28.8. The largest absolute Gasteiger partial charge is 0.450 e. The van der Waals surface area contributed by atoms with Gasteiger partial charge in [0.15, 0.2) is 0 Å². The van der Waals surface area contributed by atoms with Crippen LogP contribution in [0.4, 0.5) is 14.4 Å². The predicted octanol–water partition coefficient (Wildman–Crippen LogP) is 4.49. The third-order valence-corrected chi connectivity index (χ3v) is 3.76. The molecule has 182 valence electrons. The molecule has 0 aromatic rings. The minimum absolute atomic E-state index is 0.373. The van der Waals surface area contributed by atoms with E-state index in [-0.39, 0.29) is 6.09 Å². The number of rotatable bonds is 13. The van der Waals surface area contributed by atoms with E-state index in [0.29, 0.717) is 32.7 Å². The molecule has 0 saturated heterocycles. The van der Waals surface area contributed by atoms with Gasteiger partial charge < -0.3 is 30.2 Å². The molecular formula is C22H43N3O6. The van der Waals surface area contributed by atoms with Crippen molar-refractivity contribution in [1.29, 1.82) is 0 Å². The Kier molecular flexibility index (Phi) is 14.5. The molecule has 0 fully saturated rings. The van der Waals surface area contributed by atoms with Gasteiger partial charge in [0, 0.05) is 19.6 Å². The van der Waals surface area contributed by atoms with Crippen LogP contribution in [0.15, 0.2) is 0 Å². The summed E-state index contributed by atoms with van der Waals surface area (Å²) in [6, 6.07) is 0. The van der Waals surface area contributed by atoms with Gasteiger partial charge in [-0.1, -0.05) is 25.7 Å². The summed E-state index contributed by atoms with van der Waals surface area (Å²) in [6.07, 6.45) is 5.23. The van der Waals surface area contributed by atoms with Crippen molar-refractivity contribution in [3.63, 3.8) is 0 Å². The van der Waals surface area contributed by atoms with Crippen LogP contribution in [0.25, 0.3) is 0 Å². The maximum absolute atomic E-state index is 11.6. The molecule has 0 aliphatic rings. The van der Waals surface area contributed by atoms with Crippen LogP contribution in [-0.4, -0.2) is 55.7 Å². The zero-order chi connectivity index (χ0) is 23.8. The fourth-order valence-corrected chi connectivity index (χ4v) is 2.44. The third-order valence-electron chi connectivity index (χ3n) is 3.76. The van der Waals surface area contributed by atoms with Crippen molar-refractivity contribution < 1.29 is 28.6 Å². The summed E-state index contributed by atoms with van der Waals surface area (Å²) >= 11 is 0. The fraction of sp³-hybridized carbons (Fsp3) is 0.864. The van der Waals surface area contributed by atoms with Gasteiger partial charge in [-0.3, -0.25) is 0 Å². The molecular weight excluding hydrogens is 402 g/mol.